The second kappa shape index (κ2) is 5.01. The summed E-state index contributed by atoms with van der Waals surface area (Å²) >= 11 is 0. The normalized spacial score (nSPS) is 13.5. The zero-order chi connectivity index (χ0) is 8.85. The maximum Gasteiger partial charge on any atom is 0.250 e. The van der Waals surface area contributed by atoms with Crippen LogP contribution in [0.15, 0.2) is 0 Å². The second-order valence-corrected chi connectivity index (χ2v) is 2.35. The molecule has 0 aromatic rings. The van der Waals surface area contributed by atoms with Crippen LogP contribution in [0.3, 0.4) is 0 Å². The first-order valence-corrected chi connectivity index (χ1v) is 3.32. The van der Waals surface area contributed by atoms with Gasteiger partial charge in [0.05, 0.1) is 6.54 Å². The van der Waals surface area contributed by atoms with E-state index in [4.69, 9.17) is 5.73 Å². The first kappa shape index (κ1) is 10.3. The van der Waals surface area contributed by atoms with Gasteiger partial charge < -0.3 is 11.1 Å². The Labute approximate surface area is 63.9 Å². The van der Waals surface area contributed by atoms with Crippen molar-refractivity contribution in [2.75, 3.05) is 13.1 Å². The molecular formula is C6H12F2N2O. The minimum atomic E-state index is -2.38. The molecule has 1 atom stereocenters. The predicted octanol–water partition coefficient (Wildman–Crippen LogP) is -0.0375. The van der Waals surface area contributed by atoms with Gasteiger partial charge in [-0.25, -0.2) is 8.78 Å². The van der Waals surface area contributed by atoms with Crippen LogP contribution in [0.2, 0.25) is 0 Å². The van der Waals surface area contributed by atoms with Crippen LogP contribution in [0, 0.1) is 5.92 Å². The van der Waals surface area contributed by atoms with E-state index in [0.717, 1.165) is 0 Å². The number of nitrogens with one attached hydrogen (secondary N) is 1. The summed E-state index contributed by atoms with van der Waals surface area (Å²) in [5, 5.41) is 2.42. The average molecular weight is 166 g/mol. The molecule has 0 aliphatic carbocycles. The smallest absolute Gasteiger partial charge is 0.250 e. The van der Waals surface area contributed by atoms with Crippen LogP contribution < -0.4 is 11.1 Å². The van der Waals surface area contributed by atoms with Gasteiger partial charge in [-0.05, 0) is 0 Å². The monoisotopic (exact) mass is 166 g/mol. The van der Waals surface area contributed by atoms with Gasteiger partial charge in [0.15, 0.2) is 0 Å². The maximum absolute atomic E-state index is 11.5. The summed E-state index contributed by atoms with van der Waals surface area (Å²) in [6.07, 6.45) is -2.38. The molecule has 11 heavy (non-hydrogen) atoms. The highest BCUT2D eigenvalue weighted by atomic mass is 19.3. The number of carbonyl (C=O) groups is 1. The summed E-state index contributed by atoms with van der Waals surface area (Å²) in [7, 11) is 0. The summed E-state index contributed by atoms with van der Waals surface area (Å²) in [6.45, 7) is 1.40. The van der Waals surface area contributed by atoms with Crippen molar-refractivity contribution >= 4 is 5.91 Å². The first-order valence-electron chi connectivity index (χ1n) is 3.32. The standard InChI is InChI=1S/C6H12F2N2O/c1-4(6(9)11)2-10-3-5(7)8/h4-5,10H,2-3H2,1H3,(H2,9,11). The molecule has 0 saturated carbocycles. The molecule has 1 amide bonds. The van der Waals surface area contributed by atoms with Gasteiger partial charge in [0, 0.05) is 12.5 Å². The van der Waals surface area contributed by atoms with Crippen molar-refractivity contribution in [2.45, 2.75) is 13.3 Å². The van der Waals surface area contributed by atoms with E-state index in [9.17, 15) is 13.6 Å². The lowest BCUT2D eigenvalue weighted by Crippen LogP contribution is -2.33. The van der Waals surface area contributed by atoms with Crippen LogP contribution >= 0.6 is 0 Å². The van der Waals surface area contributed by atoms with Gasteiger partial charge in [0.25, 0.3) is 6.43 Å². The van der Waals surface area contributed by atoms with Gasteiger partial charge in [-0.15, -0.1) is 0 Å². The molecule has 0 radical (unpaired) electrons. The van der Waals surface area contributed by atoms with E-state index in [1.165, 1.54) is 0 Å². The minimum absolute atomic E-state index is 0.208. The van der Waals surface area contributed by atoms with Crippen LogP contribution in [-0.4, -0.2) is 25.4 Å². The van der Waals surface area contributed by atoms with E-state index in [1.54, 1.807) is 6.92 Å². The summed E-state index contributed by atoms with van der Waals surface area (Å²) in [5.41, 5.74) is 4.89. The number of hydrogen-bond donors (Lipinski definition) is 2. The summed E-state index contributed by atoms with van der Waals surface area (Å²) < 4.78 is 23.0. The molecule has 0 aromatic carbocycles. The van der Waals surface area contributed by atoms with E-state index in [0.29, 0.717) is 0 Å². The molecule has 0 aromatic heterocycles. The molecule has 1 unspecified atom stereocenters. The van der Waals surface area contributed by atoms with Gasteiger partial charge in [0.1, 0.15) is 0 Å². The van der Waals surface area contributed by atoms with Crippen molar-refractivity contribution in [3.8, 4) is 0 Å². The van der Waals surface area contributed by atoms with E-state index in [1.807, 2.05) is 0 Å². The molecular weight excluding hydrogens is 154 g/mol. The molecule has 0 saturated heterocycles. The fourth-order valence-electron chi connectivity index (χ4n) is 0.510. The Morgan fingerprint density at radius 1 is 1.55 bits per heavy atom. The van der Waals surface area contributed by atoms with E-state index < -0.39 is 24.8 Å². The number of carbonyl (C=O) groups excluding carboxylic acids is 1. The summed E-state index contributed by atoms with van der Waals surface area (Å²) in [6, 6.07) is 0. The zero-order valence-electron chi connectivity index (χ0n) is 6.31. The zero-order valence-corrected chi connectivity index (χ0v) is 6.31. The Morgan fingerprint density at radius 3 is 2.45 bits per heavy atom. The number of alkyl halides is 2. The van der Waals surface area contributed by atoms with Gasteiger partial charge in [-0.1, -0.05) is 6.92 Å². The van der Waals surface area contributed by atoms with Crippen molar-refractivity contribution < 1.29 is 13.6 Å². The number of primary amides is 1. The Morgan fingerprint density at radius 2 is 2.09 bits per heavy atom. The maximum atomic E-state index is 11.5. The molecule has 3 N–H and O–H groups in total. The SMILES string of the molecule is CC(CNCC(F)F)C(N)=O. The summed E-state index contributed by atoms with van der Waals surface area (Å²) in [4.78, 5) is 10.4. The number of rotatable bonds is 5. The van der Waals surface area contributed by atoms with Crippen LogP contribution in [0.25, 0.3) is 0 Å². The minimum Gasteiger partial charge on any atom is -0.369 e. The van der Waals surface area contributed by atoms with Crippen molar-refractivity contribution in [1.29, 1.82) is 0 Å². The van der Waals surface area contributed by atoms with E-state index in [2.05, 4.69) is 5.32 Å². The Bertz CT molecular complexity index is 130. The van der Waals surface area contributed by atoms with Crippen LogP contribution in [0.1, 0.15) is 6.92 Å². The van der Waals surface area contributed by atoms with Gasteiger partial charge in [-0.2, -0.15) is 0 Å². The molecule has 0 rings (SSSR count). The first-order chi connectivity index (χ1) is 5.04. The van der Waals surface area contributed by atoms with Gasteiger partial charge >= 0.3 is 0 Å². The van der Waals surface area contributed by atoms with Crippen LogP contribution in [0.4, 0.5) is 8.78 Å². The molecule has 0 spiro atoms. The molecule has 5 heteroatoms. The van der Waals surface area contributed by atoms with Crippen molar-refractivity contribution in [2.24, 2.45) is 11.7 Å². The topological polar surface area (TPSA) is 55.1 Å². The highest BCUT2D eigenvalue weighted by Gasteiger charge is 2.08. The molecule has 0 aliphatic rings. The lowest BCUT2D eigenvalue weighted by Gasteiger charge is -2.07. The highest BCUT2D eigenvalue weighted by Crippen LogP contribution is 1.92. The number of nitrogens with two attached hydrogens (primary N) is 1. The van der Waals surface area contributed by atoms with E-state index >= 15 is 0 Å². The molecule has 3 nitrogen and oxygen atoms in total. The molecule has 0 bridgehead atoms. The largest absolute Gasteiger partial charge is 0.369 e. The Balaban J connectivity index is 3.31. The third-order valence-corrected chi connectivity index (χ3v) is 1.23. The number of halogens is 2. The molecule has 0 heterocycles. The second-order valence-electron chi connectivity index (χ2n) is 2.35. The predicted molar refractivity (Wildman–Crippen MR) is 37.2 cm³/mol. The number of amides is 1. The number of hydrogen-bond acceptors (Lipinski definition) is 2. The van der Waals surface area contributed by atoms with E-state index in [-0.39, 0.29) is 6.54 Å². The highest BCUT2D eigenvalue weighted by molar-refractivity contribution is 5.76. The fraction of sp³-hybridized carbons (Fsp3) is 0.833. The molecule has 0 fully saturated rings. The third kappa shape index (κ3) is 5.72. The van der Waals surface area contributed by atoms with Crippen molar-refractivity contribution in [3.63, 3.8) is 0 Å². The lowest BCUT2D eigenvalue weighted by atomic mass is 10.2. The average Bonchev–Trinajstić information content (AvgIpc) is 1.86. The van der Waals surface area contributed by atoms with Gasteiger partial charge in [0.2, 0.25) is 5.91 Å². The van der Waals surface area contributed by atoms with Crippen LogP contribution in [0.5, 0.6) is 0 Å². The molecule has 66 valence electrons. The Kier molecular flexibility index (Phi) is 4.69. The van der Waals surface area contributed by atoms with Crippen molar-refractivity contribution in [1.82, 2.24) is 5.32 Å². The fourth-order valence-corrected chi connectivity index (χ4v) is 0.510. The Hall–Kier alpha value is -0.710. The van der Waals surface area contributed by atoms with Gasteiger partial charge in [-0.3, -0.25) is 4.79 Å². The van der Waals surface area contributed by atoms with Crippen molar-refractivity contribution in [3.05, 3.63) is 0 Å². The lowest BCUT2D eigenvalue weighted by molar-refractivity contribution is -0.121. The molecule has 0 aliphatic heterocycles. The summed E-state index contributed by atoms with van der Waals surface area (Å²) in [5.74, 6) is -0.875. The third-order valence-electron chi connectivity index (χ3n) is 1.23. The quantitative estimate of drug-likeness (QED) is 0.602. The van der Waals surface area contributed by atoms with Crippen LogP contribution in [-0.2, 0) is 4.79 Å².